The summed E-state index contributed by atoms with van der Waals surface area (Å²) in [5.74, 6) is 0.611. The van der Waals surface area contributed by atoms with Crippen LogP contribution in [0.3, 0.4) is 0 Å². The molecule has 0 unspecified atom stereocenters. The lowest BCUT2D eigenvalue weighted by Gasteiger charge is -2.07. The van der Waals surface area contributed by atoms with Gasteiger partial charge in [0.2, 0.25) is 0 Å². The summed E-state index contributed by atoms with van der Waals surface area (Å²) in [4.78, 5) is 4.66. The fourth-order valence-corrected chi connectivity index (χ4v) is 2.47. The maximum absolute atomic E-state index is 11.3. The van der Waals surface area contributed by atoms with Gasteiger partial charge in [-0.15, -0.1) is 0 Å². The van der Waals surface area contributed by atoms with Gasteiger partial charge >= 0.3 is 0 Å². The molecular formula is C14H14BrNO3S. The van der Waals surface area contributed by atoms with E-state index in [0.29, 0.717) is 12.4 Å². The van der Waals surface area contributed by atoms with Gasteiger partial charge in [-0.3, -0.25) is 4.98 Å². The van der Waals surface area contributed by atoms with Crippen molar-refractivity contribution < 1.29 is 13.2 Å². The third kappa shape index (κ3) is 3.80. The third-order valence-electron chi connectivity index (χ3n) is 2.72. The van der Waals surface area contributed by atoms with Crippen molar-refractivity contribution in [3.05, 3.63) is 52.3 Å². The summed E-state index contributed by atoms with van der Waals surface area (Å²) in [7, 11) is -3.17. The molecule has 2 rings (SSSR count). The number of sulfone groups is 1. The fourth-order valence-electron chi connectivity index (χ4n) is 1.62. The molecule has 1 aromatic heterocycles. The van der Waals surface area contributed by atoms with Crippen LogP contribution in [-0.4, -0.2) is 19.7 Å². The molecule has 0 atom stereocenters. The Labute approximate surface area is 126 Å². The molecule has 20 heavy (non-hydrogen) atoms. The molecule has 0 fully saturated rings. The number of benzene rings is 1. The molecule has 0 N–H and O–H groups in total. The maximum Gasteiger partial charge on any atom is 0.175 e. The van der Waals surface area contributed by atoms with Crippen LogP contribution >= 0.6 is 15.9 Å². The van der Waals surface area contributed by atoms with Gasteiger partial charge in [0, 0.05) is 10.7 Å². The van der Waals surface area contributed by atoms with Crippen LogP contribution in [0.1, 0.15) is 11.4 Å². The molecule has 1 aromatic carbocycles. The molecule has 0 bridgehead atoms. The van der Waals surface area contributed by atoms with Crippen LogP contribution in [0, 0.1) is 6.92 Å². The van der Waals surface area contributed by atoms with Gasteiger partial charge in [-0.25, -0.2) is 8.42 Å². The zero-order valence-corrected chi connectivity index (χ0v) is 13.5. The molecular weight excluding hydrogens is 342 g/mol. The highest BCUT2D eigenvalue weighted by Gasteiger charge is 2.06. The van der Waals surface area contributed by atoms with Crippen LogP contribution in [0.4, 0.5) is 0 Å². The predicted octanol–water partition coefficient (Wildman–Crippen LogP) is 3.14. The highest BCUT2D eigenvalue weighted by Crippen LogP contribution is 2.18. The Morgan fingerprint density at radius 2 is 1.80 bits per heavy atom. The summed E-state index contributed by atoms with van der Waals surface area (Å²) in [5.41, 5.74) is 1.72. The summed E-state index contributed by atoms with van der Waals surface area (Å²) in [6.07, 6.45) is 1.18. The zero-order valence-electron chi connectivity index (χ0n) is 11.1. The van der Waals surface area contributed by atoms with Crippen molar-refractivity contribution >= 4 is 25.8 Å². The first-order chi connectivity index (χ1) is 9.36. The Kier molecular flexibility index (Phi) is 4.45. The molecule has 0 saturated heterocycles. The molecule has 6 heteroatoms. The summed E-state index contributed by atoms with van der Waals surface area (Å²) in [6, 6.07) is 10.1. The van der Waals surface area contributed by atoms with Crippen molar-refractivity contribution in [3.8, 4) is 5.75 Å². The van der Waals surface area contributed by atoms with Crippen LogP contribution in [0.2, 0.25) is 0 Å². The minimum atomic E-state index is -3.17. The number of halogens is 1. The first kappa shape index (κ1) is 15.0. The third-order valence-corrected chi connectivity index (χ3v) is 4.68. The largest absolute Gasteiger partial charge is 0.487 e. The molecule has 1 heterocycles. The van der Waals surface area contributed by atoms with Crippen LogP contribution in [0.25, 0.3) is 0 Å². The number of aryl methyl sites for hydroxylation is 1. The summed E-state index contributed by atoms with van der Waals surface area (Å²) < 4.78 is 29.2. The van der Waals surface area contributed by atoms with E-state index < -0.39 is 9.84 Å². The number of ether oxygens (including phenoxy) is 1. The molecule has 0 aliphatic carbocycles. The molecule has 0 aliphatic heterocycles. The van der Waals surface area contributed by atoms with Crippen molar-refractivity contribution in [3.63, 3.8) is 0 Å². The van der Waals surface area contributed by atoms with Gasteiger partial charge in [0.15, 0.2) is 9.84 Å². The van der Waals surface area contributed by atoms with Gasteiger partial charge in [0.25, 0.3) is 0 Å². The number of rotatable bonds is 4. The van der Waals surface area contributed by atoms with Gasteiger partial charge in [0.05, 0.1) is 16.3 Å². The van der Waals surface area contributed by atoms with Crippen LogP contribution < -0.4 is 4.74 Å². The van der Waals surface area contributed by atoms with E-state index in [9.17, 15) is 8.42 Å². The number of pyridine rings is 1. The van der Waals surface area contributed by atoms with Crippen molar-refractivity contribution in [1.82, 2.24) is 4.98 Å². The zero-order chi connectivity index (χ0) is 14.8. The minimum Gasteiger partial charge on any atom is -0.487 e. The Morgan fingerprint density at radius 1 is 1.15 bits per heavy atom. The van der Waals surface area contributed by atoms with Gasteiger partial charge in [0.1, 0.15) is 12.4 Å². The normalized spacial score (nSPS) is 11.3. The van der Waals surface area contributed by atoms with E-state index in [1.165, 1.54) is 18.4 Å². The molecule has 0 aliphatic rings. The second-order valence-corrected chi connectivity index (χ2v) is 7.27. The highest BCUT2D eigenvalue weighted by molar-refractivity contribution is 9.10. The number of aromatic nitrogens is 1. The SMILES string of the molecule is Cc1nc(COc2ccc(S(C)(=O)=O)cc2)ccc1Br. The lowest BCUT2D eigenvalue weighted by atomic mass is 10.3. The van der Waals surface area contributed by atoms with E-state index in [0.717, 1.165) is 15.9 Å². The fraction of sp³-hybridized carbons (Fsp3) is 0.214. The van der Waals surface area contributed by atoms with E-state index in [1.54, 1.807) is 12.1 Å². The van der Waals surface area contributed by atoms with Crippen molar-refractivity contribution in [2.75, 3.05) is 6.26 Å². The smallest absolute Gasteiger partial charge is 0.175 e. The summed E-state index contributed by atoms with van der Waals surface area (Å²) in [6.45, 7) is 2.25. The van der Waals surface area contributed by atoms with Gasteiger partial charge in [-0.05, 0) is 59.3 Å². The number of hydrogen-bond acceptors (Lipinski definition) is 4. The highest BCUT2D eigenvalue weighted by atomic mass is 79.9. The van der Waals surface area contributed by atoms with Gasteiger partial charge < -0.3 is 4.74 Å². The van der Waals surface area contributed by atoms with E-state index in [-0.39, 0.29) is 4.90 Å². The summed E-state index contributed by atoms with van der Waals surface area (Å²) >= 11 is 3.39. The van der Waals surface area contributed by atoms with Gasteiger partial charge in [-0.1, -0.05) is 0 Å². The van der Waals surface area contributed by atoms with Crippen molar-refractivity contribution in [2.24, 2.45) is 0 Å². The lowest BCUT2D eigenvalue weighted by Crippen LogP contribution is -2.00. The Balaban J connectivity index is 2.06. The molecule has 0 amide bonds. The van der Waals surface area contributed by atoms with E-state index in [2.05, 4.69) is 20.9 Å². The average molecular weight is 356 g/mol. The molecule has 0 spiro atoms. The number of nitrogens with zero attached hydrogens (tertiary/aromatic N) is 1. The molecule has 0 radical (unpaired) electrons. The monoisotopic (exact) mass is 355 g/mol. The van der Waals surface area contributed by atoms with Crippen LogP contribution in [0.5, 0.6) is 5.75 Å². The quantitative estimate of drug-likeness (QED) is 0.845. The average Bonchev–Trinajstić information content (AvgIpc) is 2.40. The Bertz CT molecular complexity index is 712. The molecule has 0 saturated carbocycles. The topological polar surface area (TPSA) is 56.3 Å². The first-order valence-corrected chi connectivity index (χ1v) is 8.59. The molecule has 4 nitrogen and oxygen atoms in total. The van der Waals surface area contributed by atoms with E-state index in [1.807, 2.05) is 19.1 Å². The Morgan fingerprint density at radius 3 is 2.35 bits per heavy atom. The second kappa shape index (κ2) is 5.93. The van der Waals surface area contributed by atoms with Crippen LogP contribution in [0.15, 0.2) is 45.8 Å². The van der Waals surface area contributed by atoms with Gasteiger partial charge in [-0.2, -0.15) is 0 Å². The van der Waals surface area contributed by atoms with Crippen molar-refractivity contribution in [2.45, 2.75) is 18.4 Å². The lowest BCUT2D eigenvalue weighted by molar-refractivity contribution is 0.301. The number of hydrogen-bond donors (Lipinski definition) is 0. The predicted molar refractivity (Wildman–Crippen MR) is 80.6 cm³/mol. The standard InChI is InChI=1S/C14H14BrNO3S/c1-10-14(15)8-3-11(16-10)9-19-12-4-6-13(7-5-12)20(2,17)18/h3-8H,9H2,1-2H3. The Hall–Kier alpha value is -1.40. The maximum atomic E-state index is 11.3. The van der Waals surface area contributed by atoms with Crippen molar-refractivity contribution in [1.29, 1.82) is 0 Å². The first-order valence-electron chi connectivity index (χ1n) is 5.91. The van der Waals surface area contributed by atoms with E-state index >= 15 is 0 Å². The second-order valence-electron chi connectivity index (χ2n) is 4.40. The van der Waals surface area contributed by atoms with Crippen LogP contribution in [-0.2, 0) is 16.4 Å². The molecule has 2 aromatic rings. The van der Waals surface area contributed by atoms with E-state index in [4.69, 9.17) is 4.74 Å². The molecule has 106 valence electrons. The summed E-state index contributed by atoms with van der Waals surface area (Å²) in [5, 5.41) is 0. The minimum absolute atomic E-state index is 0.280.